The Labute approximate surface area is 163 Å². The van der Waals surface area contributed by atoms with Crippen molar-refractivity contribution in [2.75, 3.05) is 14.2 Å². The number of nitrogens with one attached hydrogen (secondary N) is 1. The van der Waals surface area contributed by atoms with Crippen molar-refractivity contribution in [3.05, 3.63) is 63.4 Å². The Bertz CT molecular complexity index is 966. The summed E-state index contributed by atoms with van der Waals surface area (Å²) in [7, 11) is 3.67. The fourth-order valence-electron chi connectivity index (χ4n) is 2.81. The predicted octanol–water partition coefficient (Wildman–Crippen LogP) is 4.67. The molecule has 0 saturated carbocycles. The van der Waals surface area contributed by atoms with Gasteiger partial charge in [-0.15, -0.1) is 0 Å². The summed E-state index contributed by atoms with van der Waals surface area (Å²) in [5.41, 5.74) is 3.35. The van der Waals surface area contributed by atoms with Crippen molar-refractivity contribution in [3.8, 4) is 17.1 Å². The maximum absolute atomic E-state index is 6.12. The highest BCUT2D eigenvalue weighted by Crippen LogP contribution is 2.30. The van der Waals surface area contributed by atoms with Crippen molar-refractivity contribution in [2.45, 2.75) is 20.1 Å². The lowest BCUT2D eigenvalue weighted by atomic mass is 10.1. The summed E-state index contributed by atoms with van der Waals surface area (Å²) in [6.45, 7) is 3.54. The van der Waals surface area contributed by atoms with Crippen LogP contribution in [0.4, 0.5) is 0 Å². The Morgan fingerprint density at radius 2 is 2.04 bits per heavy atom. The molecule has 0 bridgehead atoms. The molecular weight excluding hydrogens is 368 g/mol. The third-order valence-corrected chi connectivity index (χ3v) is 4.73. The van der Waals surface area contributed by atoms with Gasteiger partial charge in [0.05, 0.1) is 19.3 Å². The van der Waals surface area contributed by atoms with Gasteiger partial charge in [0.2, 0.25) is 4.77 Å². The minimum Gasteiger partial charge on any atom is -0.496 e. The van der Waals surface area contributed by atoms with Crippen LogP contribution in [0.2, 0.25) is 5.02 Å². The normalized spacial score (nSPS) is 11.1. The van der Waals surface area contributed by atoms with Gasteiger partial charge in [-0.05, 0) is 55.5 Å². The number of ether oxygens (including phenoxy) is 1. The van der Waals surface area contributed by atoms with Gasteiger partial charge in [0.15, 0.2) is 5.82 Å². The number of hydrogen-bond acceptors (Lipinski definition) is 4. The third kappa shape index (κ3) is 4.15. The molecule has 3 aromatic rings. The smallest absolute Gasteiger partial charge is 0.217 e. The van der Waals surface area contributed by atoms with E-state index >= 15 is 0 Å². The molecule has 7 heteroatoms. The number of H-pyrrole nitrogens is 1. The van der Waals surface area contributed by atoms with Gasteiger partial charge in [-0.25, -0.2) is 4.68 Å². The van der Waals surface area contributed by atoms with E-state index in [-0.39, 0.29) is 0 Å². The maximum Gasteiger partial charge on any atom is 0.217 e. The summed E-state index contributed by atoms with van der Waals surface area (Å²) >= 11 is 11.5. The molecule has 0 aliphatic rings. The Morgan fingerprint density at radius 1 is 1.27 bits per heavy atom. The number of rotatable bonds is 6. The molecule has 2 aromatic carbocycles. The zero-order valence-electron chi connectivity index (χ0n) is 15.0. The Balaban J connectivity index is 1.82. The van der Waals surface area contributed by atoms with Crippen LogP contribution in [0.3, 0.4) is 0 Å². The SMILES string of the molecule is COc1ccc(Cl)cc1-c1nc(=S)n(CN(C)Cc2ccccc2C)[nH]1. The van der Waals surface area contributed by atoms with Crippen LogP contribution in [-0.4, -0.2) is 33.8 Å². The molecule has 0 saturated heterocycles. The second-order valence-electron chi connectivity index (χ2n) is 6.21. The molecule has 0 radical (unpaired) electrons. The molecule has 0 spiro atoms. The third-order valence-electron chi connectivity index (χ3n) is 4.18. The van der Waals surface area contributed by atoms with Gasteiger partial charge < -0.3 is 4.74 Å². The predicted molar refractivity (Wildman–Crippen MR) is 107 cm³/mol. The first-order valence-electron chi connectivity index (χ1n) is 8.21. The average molecular weight is 389 g/mol. The van der Waals surface area contributed by atoms with E-state index in [9.17, 15) is 0 Å². The molecule has 0 atom stereocenters. The molecular formula is C19H21ClN4OS. The highest BCUT2D eigenvalue weighted by atomic mass is 35.5. The molecule has 0 unspecified atom stereocenters. The van der Waals surface area contributed by atoms with Gasteiger partial charge >= 0.3 is 0 Å². The van der Waals surface area contributed by atoms with Crippen molar-refractivity contribution in [2.24, 2.45) is 0 Å². The highest BCUT2D eigenvalue weighted by Gasteiger charge is 2.13. The second-order valence-corrected chi connectivity index (χ2v) is 7.01. The van der Waals surface area contributed by atoms with Crippen molar-refractivity contribution in [1.29, 1.82) is 0 Å². The van der Waals surface area contributed by atoms with E-state index in [0.29, 0.717) is 28.0 Å². The number of aryl methyl sites for hydroxylation is 1. The highest BCUT2D eigenvalue weighted by molar-refractivity contribution is 7.71. The summed E-state index contributed by atoms with van der Waals surface area (Å²) in [5, 5.41) is 3.87. The first-order chi connectivity index (χ1) is 12.5. The lowest BCUT2D eigenvalue weighted by molar-refractivity contribution is 0.244. The topological polar surface area (TPSA) is 46.1 Å². The van der Waals surface area contributed by atoms with Crippen LogP contribution in [0, 0.1) is 11.7 Å². The number of benzene rings is 2. The quantitative estimate of drug-likeness (QED) is 0.623. The number of aromatic nitrogens is 3. The van der Waals surface area contributed by atoms with Crippen LogP contribution in [0.1, 0.15) is 11.1 Å². The van der Waals surface area contributed by atoms with Crippen LogP contribution < -0.4 is 4.74 Å². The monoisotopic (exact) mass is 388 g/mol. The molecule has 0 aliphatic carbocycles. The van der Waals surface area contributed by atoms with Crippen LogP contribution >= 0.6 is 23.8 Å². The second kappa shape index (κ2) is 8.03. The molecule has 1 aromatic heterocycles. The maximum atomic E-state index is 6.12. The summed E-state index contributed by atoms with van der Waals surface area (Å²) in [6.07, 6.45) is 0. The molecule has 136 valence electrons. The number of halogens is 1. The standard InChI is InChI=1S/C19H21ClN4OS/c1-13-6-4-5-7-14(13)11-23(2)12-24-19(26)21-18(22-24)16-10-15(20)8-9-17(16)25-3/h4-10H,11-12H2,1-3H3,(H,21,22,26). The minimum absolute atomic E-state index is 0.485. The largest absolute Gasteiger partial charge is 0.496 e. The summed E-state index contributed by atoms with van der Waals surface area (Å²) < 4.78 is 7.73. The van der Waals surface area contributed by atoms with Gasteiger partial charge in [0.25, 0.3) is 0 Å². The van der Waals surface area contributed by atoms with E-state index in [0.717, 1.165) is 12.1 Å². The van der Waals surface area contributed by atoms with E-state index in [4.69, 9.17) is 28.6 Å². The van der Waals surface area contributed by atoms with Crippen molar-refractivity contribution >= 4 is 23.8 Å². The van der Waals surface area contributed by atoms with E-state index < -0.39 is 0 Å². The molecule has 0 amide bonds. The number of nitrogens with zero attached hydrogens (tertiary/aromatic N) is 3. The summed E-state index contributed by atoms with van der Waals surface area (Å²) in [6, 6.07) is 13.8. The van der Waals surface area contributed by atoms with Crippen molar-refractivity contribution in [3.63, 3.8) is 0 Å². The first-order valence-corrected chi connectivity index (χ1v) is 9.00. The van der Waals surface area contributed by atoms with Gasteiger partial charge in [-0.2, -0.15) is 4.98 Å². The molecule has 26 heavy (non-hydrogen) atoms. The van der Waals surface area contributed by atoms with Crippen LogP contribution in [-0.2, 0) is 13.2 Å². The van der Waals surface area contributed by atoms with Crippen molar-refractivity contribution in [1.82, 2.24) is 19.7 Å². The lowest BCUT2D eigenvalue weighted by Crippen LogP contribution is -2.22. The average Bonchev–Trinajstić information content (AvgIpc) is 2.97. The van der Waals surface area contributed by atoms with Crippen LogP contribution in [0.25, 0.3) is 11.4 Å². The number of hydrogen-bond donors (Lipinski definition) is 1. The van der Waals surface area contributed by atoms with E-state index in [1.807, 2.05) is 16.8 Å². The molecule has 1 N–H and O–H groups in total. The molecule has 3 rings (SSSR count). The number of methoxy groups -OCH3 is 1. The Hall–Kier alpha value is -2.15. The van der Waals surface area contributed by atoms with Crippen LogP contribution in [0.15, 0.2) is 42.5 Å². The van der Waals surface area contributed by atoms with Gasteiger partial charge in [0, 0.05) is 11.6 Å². The Kier molecular flexibility index (Phi) is 5.76. The first kappa shape index (κ1) is 18.6. The van der Waals surface area contributed by atoms with E-state index in [1.54, 1.807) is 13.2 Å². The fraction of sp³-hybridized carbons (Fsp3) is 0.263. The summed E-state index contributed by atoms with van der Waals surface area (Å²) in [4.78, 5) is 6.64. The minimum atomic E-state index is 0.485. The van der Waals surface area contributed by atoms with E-state index in [1.165, 1.54) is 11.1 Å². The Morgan fingerprint density at radius 3 is 2.77 bits per heavy atom. The fourth-order valence-corrected chi connectivity index (χ4v) is 3.17. The van der Waals surface area contributed by atoms with Crippen molar-refractivity contribution < 1.29 is 4.74 Å². The summed E-state index contributed by atoms with van der Waals surface area (Å²) in [5.74, 6) is 1.33. The molecule has 1 heterocycles. The molecule has 0 aliphatic heterocycles. The molecule has 5 nitrogen and oxygen atoms in total. The van der Waals surface area contributed by atoms with Crippen LogP contribution in [0.5, 0.6) is 5.75 Å². The van der Waals surface area contributed by atoms with Gasteiger partial charge in [-0.3, -0.25) is 10.00 Å². The van der Waals surface area contributed by atoms with E-state index in [2.05, 4.69) is 53.2 Å². The van der Waals surface area contributed by atoms with Gasteiger partial charge in [0.1, 0.15) is 5.75 Å². The number of aromatic amines is 1. The zero-order chi connectivity index (χ0) is 18.7. The van der Waals surface area contributed by atoms with Gasteiger partial charge in [-0.1, -0.05) is 35.9 Å². The lowest BCUT2D eigenvalue weighted by Gasteiger charge is -2.18. The zero-order valence-corrected chi connectivity index (χ0v) is 16.6. The molecule has 0 fully saturated rings.